The monoisotopic (exact) mass is 312 g/mol. The molecule has 0 radical (unpaired) electrons. The molecule has 2 aliphatic rings. The fourth-order valence-electron chi connectivity index (χ4n) is 2.55. The fourth-order valence-corrected chi connectivity index (χ4v) is 4.32. The van der Waals surface area contributed by atoms with Gasteiger partial charge in [-0.2, -0.15) is 0 Å². The molecule has 1 unspecified atom stereocenters. The van der Waals surface area contributed by atoms with E-state index in [1.54, 1.807) is 30.3 Å². The Balaban J connectivity index is 1.75. The Morgan fingerprint density at radius 3 is 2.33 bits per heavy atom. The average molecular weight is 312 g/mol. The summed E-state index contributed by atoms with van der Waals surface area (Å²) in [6, 6.07) is 8.40. The van der Waals surface area contributed by atoms with Crippen molar-refractivity contribution in [2.45, 2.75) is 48.9 Å². The molecule has 1 saturated carbocycles. The number of sulfone groups is 1. The topological polar surface area (TPSA) is 61.8 Å². The molecule has 1 heterocycles. The predicted octanol–water partition coefficient (Wildman–Crippen LogP) is 2.47. The van der Waals surface area contributed by atoms with E-state index in [0.29, 0.717) is 11.3 Å². The van der Waals surface area contributed by atoms with Crippen molar-refractivity contribution in [3.8, 4) is 0 Å². The molecule has 1 aliphatic heterocycles. The summed E-state index contributed by atoms with van der Waals surface area (Å²) in [6.45, 7) is 2.13. The van der Waals surface area contributed by atoms with Gasteiger partial charge in [0.25, 0.3) is 0 Å². The van der Waals surface area contributed by atoms with Crippen molar-refractivity contribution in [2.24, 2.45) is 0 Å². The maximum atomic E-state index is 12.5. The molecule has 0 N–H and O–H groups in total. The number of hydrogen-bond donors (Lipinski definition) is 0. The van der Waals surface area contributed by atoms with Crippen LogP contribution < -0.4 is 0 Å². The molecule has 1 aromatic rings. The van der Waals surface area contributed by atoms with Crippen molar-refractivity contribution in [2.75, 3.05) is 12.4 Å². The second-order valence-electron chi connectivity index (χ2n) is 5.83. The molecule has 6 heteroatoms. The molecule has 2 fully saturated rings. The molecule has 1 aliphatic carbocycles. The minimum absolute atomic E-state index is 0.142. The maximum Gasteiger partial charge on any atom is 0.201 e. The van der Waals surface area contributed by atoms with E-state index in [4.69, 9.17) is 14.5 Å². The van der Waals surface area contributed by atoms with Crippen molar-refractivity contribution in [3.63, 3.8) is 0 Å². The molecule has 0 bridgehead atoms. The third kappa shape index (κ3) is 2.85. The van der Waals surface area contributed by atoms with Crippen LogP contribution in [-0.2, 0) is 24.3 Å². The summed E-state index contributed by atoms with van der Waals surface area (Å²) in [4.78, 5) is 11.2. The quantitative estimate of drug-likeness (QED) is 0.799. The molecular weight excluding hydrogens is 292 g/mol. The van der Waals surface area contributed by atoms with Gasteiger partial charge in [-0.05, 0) is 25.0 Å². The zero-order chi connectivity index (χ0) is 15.0. The van der Waals surface area contributed by atoms with E-state index in [1.165, 1.54) is 0 Å². The highest BCUT2D eigenvalue weighted by Gasteiger charge is 2.51. The largest absolute Gasteiger partial charge is 0.344 e. The molecule has 1 aromatic carbocycles. The summed E-state index contributed by atoms with van der Waals surface area (Å²) in [7, 11) is -3.44. The number of hydrogen-bond acceptors (Lipinski definition) is 5. The zero-order valence-electron chi connectivity index (χ0n) is 12.1. The van der Waals surface area contributed by atoms with Crippen LogP contribution >= 0.6 is 0 Å². The van der Waals surface area contributed by atoms with Gasteiger partial charge in [-0.25, -0.2) is 18.2 Å². The lowest BCUT2D eigenvalue weighted by atomic mass is 9.90. The van der Waals surface area contributed by atoms with E-state index in [9.17, 15) is 8.42 Å². The van der Waals surface area contributed by atoms with E-state index in [1.807, 2.05) is 6.92 Å². The van der Waals surface area contributed by atoms with Crippen LogP contribution in [0.2, 0.25) is 0 Å². The van der Waals surface area contributed by atoms with Gasteiger partial charge >= 0.3 is 0 Å². The summed E-state index contributed by atoms with van der Waals surface area (Å²) in [6.07, 6.45) is 3.16. The van der Waals surface area contributed by atoms with Gasteiger partial charge in [-0.1, -0.05) is 25.1 Å². The molecule has 3 rings (SSSR count). The number of ether oxygens (including phenoxy) is 1. The smallest absolute Gasteiger partial charge is 0.201 e. The van der Waals surface area contributed by atoms with E-state index >= 15 is 0 Å². The number of rotatable bonds is 4. The van der Waals surface area contributed by atoms with Crippen molar-refractivity contribution in [1.82, 2.24) is 0 Å². The first-order chi connectivity index (χ1) is 9.99. The van der Waals surface area contributed by atoms with E-state index in [-0.39, 0.29) is 12.4 Å². The van der Waals surface area contributed by atoms with Gasteiger partial charge in [0.2, 0.25) is 5.79 Å². The van der Waals surface area contributed by atoms with Gasteiger partial charge < -0.3 is 4.74 Å². The highest BCUT2D eigenvalue weighted by atomic mass is 32.2. The van der Waals surface area contributed by atoms with Crippen LogP contribution in [0.4, 0.5) is 0 Å². The van der Waals surface area contributed by atoms with Gasteiger partial charge in [0, 0.05) is 12.8 Å². The van der Waals surface area contributed by atoms with Crippen molar-refractivity contribution >= 4 is 9.84 Å². The Bertz CT molecular complexity index is 582. The van der Waals surface area contributed by atoms with Crippen LogP contribution in [0.3, 0.4) is 0 Å². The summed E-state index contributed by atoms with van der Waals surface area (Å²) < 4.78 is 30.8. The summed E-state index contributed by atoms with van der Waals surface area (Å²) in [5.74, 6) is -0.772. The Morgan fingerprint density at radius 1 is 1.14 bits per heavy atom. The molecule has 1 saturated heterocycles. The second kappa shape index (κ2) is 5.35. The highest BCUT2D eigenvalue weighted by molar-refractivity contribution is 7.91. The second-order valence-corrected chi connectivity index (χ2v) is 7.82. The van der Waals surface area contributed by atoms with Crippen LogP contribution in [0.25, 0.3) is 0 Å². The van der Waals surface area contributed by atoms with E-state index in [0.717, 1.165) is 19.3 Å². The van der Waals surface area contributed by atoms with Crippen LogP contribution in [-0.4, -0.2) is 32.2 Å². The first kappa shape index (κ1) is 15.0. The minimum Gasteiger partial charge on any atom is -0.344 e. The fraction of sp³-hybridized carbons (Fsp3) is 0.600. The van der Waals surface area contributed by atoms with Crippen LogP contribution in [0.15, 0.2) is 35.2 Å². The standard InChI is InChI=1S/C15H20O5S/c1-2-14(11-18-15(20-19-14)9-6-10-15)12-21(16,17)13-7-4-3-5-8-13/h3-5,7-8H,2,6,9-12H2,1H3. The molecule has 0 aromatic heterocycles. The first-order valence-electron chi connectivity index (χ1n) is 7.28. The normalized spacial score (nSPS) is 28.2. The van der Waals surface area contributed by atoms with Crippen LogP contribution in [0.5, 0.6) is 0 Å². The van der Waals surface area contributed by atoms with Crippen molar-refractivity contribution in [1.29, 1.82) is 0 Å². The van der Waals surface area contributed by atoms with Crippen molar-refractivity contribution < 1.29 is 22.9 Å². The van der Waals surface area contributed by atoms with E-state index in [2.05, 4.69) is 0 Å². The Morgan fingerprint density at radius 2 is 1.86 bits per heavy atom. The van der Waals surface area contributed by atoms with Gasteiger partial charge in [0.15, 0.2) is 9.84 Å². The summed E-state index contributed by atoms with van der Waals surface area (Å²) in [5.41, 5.74) is -0.935. The molecule has 1 spiro atoms. The zero-order valence-corrected chi connectivity index (χ0v) is 12.9. The van der Waals surface area contributed by atoms with Gasteiger partial charge in [0.05, 0.1) is 17.3 Å². The van der Waals surface area contributed by atoms with E-state index < -0.39 is 21.2 Å². The number of benzene rings is 1. The molecule has 21 heavy (non-hydrogen) atoms. The third-order valence-corrected chi connectivity index (χ3v) is 6.18. The molecule has 116 valence electrons. The maximum absolute atomic E-state index is 12.5. The average Bonchev–Trinajstić information content (AvgIpc) is 2.47. The van der Waals surface area contributed by atoms with Gasteiger partial charge in [-0.3, -0.25) is 0 Å². The molecular formula is C15H20O5S. The molecule has 5 nitrogen and oxygen atoms in total. The summed E-state index contributed by atoms with van der Waals surface area (Å²) >= 11 is 0. The Hall–Kier alpha value is -0.950. The predicted molar refractivity (Wildman–Crippen MR) is 76.2 cm³/mol. The Kier molecular flexibility index (Phi) is 3.81. The van der Waals surface area contributed by atoms with Gasteiger partial charge in [0.1, 0.15) is 5.60 Å². The first-order valence-corrected chi connectivity index (χ1v) is 8.93. The third-order valence-electron chi connectivity index (χ3n) is 4.28. The molecule has 1 atom stereocenters. The highest BCUT2D eigenvalue weighted by Crippen LogP contribution is 2.43. The lowest BCUT2D eigenvalue weighted by Crippen LogP contribution is -2.57. The lowest BCUT2D eigenvalue weighted by Gasteiger charge is -2.48. The van der Waals surface area contributed by atoms with Crippen molar-refractivity contribution in [3.05, 3.63) is 30.3 Å². The SMILES string of the molecule is CCC1(CS(=O)(=O)c2ccccc2)COC2(CCC2)OO1. The summed E-state index contributed by atoms with van der Waals surface area (Å²) in [5, 5.41) is 0. The van der Waals surface area contributed by atoms with Crippen LogP contribution in [0, 0.1) is 0 Å². The van der Waals surface area contributed by atoms with Crippen LogP contribution in [0.1, 0.15) is 32.6 Å². The van der Waals surface area contributed by atoms with Gasteiger partial charge in [-0.15, -0.1) is 0 Å². The lowest BCUT2D eigenvalue weighted by molar-refractivity contribution is -0.523. The molecule has 0 amide bonds. The Labute approximate surface area is 125 Å². The minimum atomic E-state index is -3.44.